The number of carbonyl (C=O) groups excluding carboxylic acids is 2. The molecule has 0 saturated carbocycles. The minimum Gasteiger partial charge on any atom is -0.391 e. The molecular formula is C16H21N5O3. The van der Waals surface area contributed by atoms with Gasteiger partial charge in [-0.1, -0.05) is 26.8 Å². The molecule has 8 nitrogen and oxygen atoms in total. The number of aliphatic hydroxyl groups excluding tert-OH is 1. The number of aromatic amines is 1. The summed E-state index contributed by atoms with van der Waals surface area (Å²) in [6.07, 6.45) is 2.26. The third-order valence-electron chi connectivity index (χ3n) is 3.47. The molecule has 2 aromatic rings. The van der Waals surface area contributed by atoms with Crippen LogP contribution in [0.1, 0.15) is 20.8 Å². The van der Waals surface area contributed by atoms with E-state index in [-0.39, 0.29) is 12.0 Å². The van der Waals surface area contributed by atoms with Crippen molar-refractivity contribution >= 4 is 17.5 Å². The number of pyridine rings is 1. The van der Waals surface area contributed by atoms with E-state index in [1.807, 2.05) is 20.8 Å². The minimum atomic E-state index is -0.838. The fourth-order valence-electron chi connectivity index (χ4n) is 1.84. The second-order valence-corrected chi connectivity index (χ2v) is 6.42. The van der Waals surface area contributed by atoms with E-state index in [9.17, 15) is 14.7 Å². The van der Waals surface area contributed by atoms with E-state index in [0.29, 0.717) is 17.1 Å². The first-order valence-electron chi connectivity index (χ1n) is 7.51. The van der Waals surface area contributed by atoms with Gasteiger partial charge in [-0.3, -0.25) is 19.7 Å². The molecule has 4 N–H and O–H groups in total. The first-order chi connectivity index (χ1) is 11.3. The van der Waals surface area contributed by atoms with Gasteiger partial charge in [0.15, 0.2) is 0 Å². The molecule has 0 bridgehead atoms. The summed E-state index contributed by atoms with van der Waals surface area (Å²) in [5.41, 5.74) is 1.06. The third-order valence-corrected chi connectivity index (χ3v) is 3.47. The molecule has 1 atom stereocenters. The van der Waals surface area contributed by atoms with Crippen molar-refractivity contribution in [2.45, 2.75) is 26.9 Å². The van der Waals surface area contributed by atoms with Crippen molar-refractivity contribution < 1.29 is 14.7 Å². The maximum Gasteiger partial charge on any atom is 0.313 e. The monoisotopic (exact) mass is 331 g/mol. The van der Waals surface area contributed by atoms with Gasteiger partial charge in [0.25, 0.3) is 0 Å². The number of aliphatic hydroxyl groups is 1. The van der Waals surface area contributed by atoms with Crippen molar-refractivity contribution in [3.63, 3.8) is 0 Å². The van der Waals surface area contributed by atoms with E-state index < -0.39 is 17.9 Å². The van der Waals surface area contributed by atoms with Crippen molar-refractivity contribution in [1.29, 1.82) is 0 Å². The Balaban J connectivity index is 1.98. The molecule has 0 radical (unpaired) electrons. The van der Waals surface area contributed by atoms with Crippen LogP contribution in [-0.2, 0) is 9.59 Å². The summed E-state index contributed by atoms with van der Waals surface area (Å²) < 4.78 is 0. The van der Waals surface area contributed by atoms with Gasteiger partial charge in [-0.15, -0.1) is 0 Å². The van der Waals surface area contributed by atoms with Crippen molar-refractivity contribution in [3.8, 4) is 11.4 Å². The topological polar surface area (TPSA) is 120 Å². The average molecular weight is 331 g/mol. The van der Waals surface area contributed by atoms with Crippen LogP contribution in [0.2, 0.25) is 0 Å². The van der Waals surface area contributed by atoms with Crippen LogP contribution in [0.5, 0.6) is 0 Å². The number of H-pyrrole nitrogens is 1. The van der Waals surface area contributed by atoms with Crippen LogP contribution < -0.4 is 10.6 Å². The van der Waals surface area contributed by atoms with Crippen LogP contribution in [0.3, 0.4) is 0 Å². The zero-order chi connectivity index (χ0) is 17.7. The fraction of sp³-hybridized carbons (Fsp3) is 0.375. The molecule has 0 saturated heterocycles. The van der Waals surface area contributed by atoms with Gasteiger partial charge < -0.3 is 15.7 Å². The largest absolute Gasteiger partial charge is 0.391 e. The molecule has 2 heterocycles. The van der Waals surface area contributed by atoms with Crippen molar-refractivity contribution in [2.75, 3.05) is 11.9 Å². The van der Waals surface area contributed by atoms with E-state index in [1.165, 1.54) is 6.20 Å². The van der Waals surface area contributed by atoms with Crippen molar-refractivity contribution in [2.24, 2.45) is 5.41 Å². The zero-order valence-electron chi connectivity index (χ0n) is 13.8. The lowest BCUT2D eigenvalue weighted by Crippen LogP contribution is -2.43. The van der Waals surface area contributed by atoms with E-state index in [0.717, 1.165) is 0 Å². The van der Waals surface area contributed by atoms with E-state index in [1.54, 1.807) is 24.4 Å². The smallest absolute Gasteiger partial charge is 0.313 e. The molecule has 0 aliphatic heterocycles. The van der Waals surface area contributed by atoms with Crippen LogP contribution in [0.4, 0.5) is 5.69 Å². The Bertz CT molecular complexity index is 706. The maximum absolute atomic E-state index is 12.0. The molecule has 24 heavy (non-hydrogen) atoms. The lowest BCUT2D eigenvalue weighted by molar-refractivity contribution is -0.136. The van der Waals surface area contributed by atoms with Crippen LogP contribution in [0.25, 0.3) is 11.4 Å². The Kier molecular flexibility index (Phi) is 5.30. The highest BCUT2D eigenvalue weighted by Gasteiger charge is 2.24. The summed E-state index contributed by atoms with van der Waals surface area (Å²) >= 11 is 0. The number of nitrogens with zero attached hydrogens (tertiary/aromatic N) is 2. The standard InChI is InChI=1S/C16H21N5O3/c1-16(2,3)12(22)9-18-14(23)15(24)20-11-8-19-21-13(11)10-6-4-5-7-17-10/h4-8,12,22H,9H2,1-3H3,(H,18,23)(H,19,21)(H,20,24)/t12-/m0/s1. The Morgan fingerprint density at radius 1 is 1.29 bits per heavy atom. The summed E-state index contributed by atoms with van der Waals surface area (Å²) in [5.74, 6) is -1.67. The second kappa shape index (κ2) is 7.22. The normalized spacial score (nSPS) is 12.5. The maximum atomic E-state index is 12.0. The van der Waals surface area contributed by atoms with Crippen LogP contribution in [0.15, 0.2) is 30.6 Å². The van der Waals surface area contributed by atoms with Gasteiger partial charge in [0, 0.05) is 12.7 Å². The fourth-order valence-corrected chi connectivity index (χ4v) is 1.84. The Morgan fingerprint density at radius 2 is 2.04 bits per heavy atom. The molecular weight excluding hydrogens is 310 g/mol. The molecule has 0 fully saturated rings. The molecule has 0 spiro atoms. The molecule has 0 aromatic carbocycles. The Labute approximate surface area is 139 Å². The lowest BCUT2D eigenvalue weighted by Gasteiger charge is -2.25. The highest BCUT2D eigenvalue weighted by Crippen LogP contribution is 2.23. The number of rotatable bonds is 4. The molecule has 2 rings (SSSR count). The molecule has 2 aromatic heterocycles. The number of hydrogen-bond donors (Lipinski definition) is 4. The number of carbonyl (C=O) groups is 2. The first kappa shape index (κ1) is 17.6. The van der Waals surface area contributed by atoms with Gasteiger partial charge >= 0.3 is 11.8 Å². The van der Waals surface area contributed by atoms with Gasteiger partial charge in [-0.05, 0) is 17.5 Å². The SMILES string of the molecule is CC(C)(C)[C@@H](O)CNC(=O)C(=O)Nc1cn[nH]c1-c1ccccn1. The van der Waals surface area contributed by atoms with Crippen LogP contribution in [-0.4, -0.2) is 44.8 Å². The summed E-state index contributed by atoms with van der Waals surface area (Å²) in [5, 5.41) is 21.4. The van der Waals surface area contributed by atoms with E-state index >= 15 is 0 Å². The van der Waals surface area contributed by atoms with Crippen LogP contribution in [0, 0.1) is 5.41 Å². The summed E-state index contributed by atoms with van der Waals surface area (Å²) in [4.78, 5) is 28.0. The van der Waals surface area contributed by atoms with E-state index in [4.69, 9.17) is 0 Å². The van der Waals surface area contributed by atoms with Gasteiger partial charge in [-0.2, -0.15) is 5.10 Å². The second-order valence-electron chi connectivity index (χ2n) is 6.42. The van der Waals surface area contributed by atoms with Gasteiger partial charge in [0.1, 0.15) is 5.69 Å². The summed E-state index contributed by atoms with van der Waals surface area (Å²) in [7, 11) is 0. The first-order valence-corrected chi connectivity index (χ1v) is 7.51. The number of nitrogens with one attached hydrogen (secondary N) is 3. The Morgan fingerprint density at radius 3 is 2.67 bits per heavy atom. The summed E-state index contributed by atoms with van der Waals surface area (Å²) in [6, 6.07) is 5.32. The molecule has 0 aliphatic rings. The average Bonchev–Trinajstić information content (AvgIpc) is 3.00. The highest BCUT2D eigenvalue weighted by atomic mass is 16.3. The molecule has 0 unspecified atom stereocenters. The minimum absolute atomic E-state index is 0.00572. The highest BCUT2D eigenvalue weighted by molar-refractivity contribution is 6.39. The number of aromatic nitrogens is 3. The van der Waals surface area contributed by atoms with Gasteiger partial charge in [0.05, 0.1) is 23.7 Å². The Hall–Kier alpha value is -2.74. The summed E-state index contributed by atoms with van der Waals surface area (Å²) in [6.45, 7) is 5.52. The predicted octanol–water partition coefficient (Wildman–Crippen LogP) is 0.933. The lowest BCUT2D eigenvalue weighted by atomic mass is 9.89. The third kappa shape index (κ3) is 4.39. The molecule has 128 valence electrons. The molecule has 0 aliphatic carbocycles. The van der Waals surface area contributed by atoms with Gasteiger partial charge in [-0.25, -0.2) is 0 Å². The molecule has 2 amide bonds. The molecule has 8 heteroatoms. The predicted molar refractivity (Wildman–Crippen MR) is 88.9 cm³/mol. The van der Waals surface area contributed by atoms with Crippen LogP contribution >= 0.6 is 0 Å². The van der Waals surface area contributed by atoms with Crippen molar-refractivity contribution in [1.82, 2.24) is 20.5 Å². The number of hydrogen-bond acceptors (Lipinski definition) is 5. The quantitative estimate of drug-likeness (QED) is 0.621. The van der Waals surface area contributed by atoms with Gasteiger partial charge in [0.2, 0.25) is 0 Å². The number of anilines is 1. The zero-order valence-corrected chi connectivity index (χ0v) is 13.8. The number of amides is 2. The van der Waals surface area contributed by atoms with Crippen molar-refractivity contribution in [3.05, 3.63) is 30.6 Å². The van der Waals surface area contributed by atoms with E-state index in [2.05, 4.69) is 25.8 Å².